The molecule has 92 valence electrons. The fourth-order valence-electron chi connectivity index (χ4n) is 1.50. The van der Waals surface area contributed by atoms with Crippen LogP contribution in [0, 0.1) is 0 Å². The Morgan fingerprint density at radius 2 is 2.12 bits per heavy atom. The Morgan fingerprint density at radius 1 is 1.53 bits per heavy atom. The van der Waals surface area contributed by atoms with Gasteiger partial charge < -0.3 is 9.84 Å². The molecule has 0 aromatic heterocycles. The Balaban J connectivity index is 3.04. The van der Waals surface area contributed by atoms with Gasteiger partial charge in [-0.05, 0) is 24.6 Å². The zero-order valence-electron chi connectivity index (χ0n) is 10.1. The summed E-state index contributed by atoms with van der Waals surface area (Å²) in [6, 6.07) is 6.96. The monoisotopic (exact) mass is 235 g/mol. The lowest BCUT2D eigenvalue weighted by Crippen LogP contribution is -2.46. The van der Waals surface area contributed by atoms with Crippen LogP contribution >= 0.6 is 0 Å². The summed E-state index contributed by atoms with van der Waals surface area (Å²) < 4.78 is 5.04. The van der Waals surface area contributed by atoms with Crippen molar-refractivity contribution in [2.45, 2.75) is 12.5 Å². The lowest BCUT2D eigenvalue weighted by molar-refractivity contribution is -0.144. The first-order valence-corrected chi connectivity index (χ1v) is 5.28. The number of aliphatic carboxylic acids is 1. The molecule has 17 heavy (non-hydrogen) atoms. The average molecular weight is 235 g/mol. The number of hydrogen-bond donors (Lipinski definition) is 2. The molecule has 1 aromatic rings. The first-order valence-electron chi connectivity index (χ1n) is 5.28. The molecule has 1 rings (SSSR count). The maximum atomic E-state index is 11.4. The van der Waals surface area contributed by atoms with Gasteiger partial charge in [0.2, 0.25) is 0 Å². The van der Waals surface area contributed by atoms with Gasteiger partial charge in [0.15, 0.2) is 0 Å². The Kier molecular flexibility index (Phi) is 4.29. The van der Waals surface area contributed by atoms with Crippen LogP contribution in [-0.4, -0.2) is 24.7 Å². The number of carboxylic acid groups (broad SMARTS) is 1. The van der Waals surface area contributed by atoms with Gasteiger partial charge >= 0.3 is 5.97 Å². The van der Waals surface area contributed by atoms with E-state index in [1.54, 1.807) is 44.4 Å². The maximum Gasteiger partial charge on any atom is 0.328 e. The van der Waals surface area contributed by atoms with Crippen molar-refractivity contribution in [3.05, 3.63) is 42.5 Å². The van der Waals surface area contributed by atoms with Gasteiger partial charge in [-0.3, -0.25) is 5.32 Å². The first-order chi connectivity index (χ1) is 8.04. The molecule has 0 saturated carbocycles. The summed E-state index contributed by atoms with van der Waals surface area (Å²) in [7, 11) is 1.57. The summed E-state index contributed by atoms with van der Waals surface area (Å²) in [5.41, 5.74) is -0.451. The van der Waals surface area contributed by atoms with Crippen molar-refractivity contribution in [2.24, 2.45) is 0 Å². The maximum absolute atomic E-state index is 11.4. The number of carbonyl (C=O) groups is 1. The molecule has 0 radical (unpaired) electrons. The Bertz CT molecular complexity index is 400. The van der Waals surface area contributed by atoms with E-state index in [0.717, 1.165) is 0 Å². The smallest absolute Gasteiger partial charge is 0.328 e. The average Bonchev–Trinajstić information content (AvgIpc) is 2.35. The second-order valence-electron chi connectivity index (χ2n) is 3.83. The predicted molar refractivity (Wildman–Crippen MR) is 66.2 cm³/mol. The second-order valence-corrected chi connectivity index (χ2v) is 3.83. The summed E-state index contributed by atoms with van der Waals surface area (Å²) in [6.45, 7) is 5.62. The predicted octanol–water partition coefficient (Wildman–Crippen LogP) is 1.77. The van der Waals surface area contributed by atoms with Gasteiger partial charge in [0, 0.05) is 6.54 Å². The topological polar surface area (TPSA) is 58.6 Å². The van der Waals surface area contributed by atoms with E-state index in [1.807, 2.05) is 0 Å². The molecule has 2 N–H and O–H groups in total. The second kappa shape index (κ2) is 5.50. The Labute approximate surface area is 101 Å². The van der Waals surface area contributed by atoms with Crippen LogP contribution in [0.5, 0.6) is 5.75 Å². The highest BCUT2D eigenvalue weighted by Gasteiger charge is 2.34. The molecule has 0 amide bonds. The normalized spacial score (nSPS) is 13.8. The molecule has 0 aliphatic heterocycles. The van der Waals surface area contributed by atoms with Crippen molar-refractivity contribution in [2.75, 3.05) is 13.7 Å². The van der Waals surface area contributed by atoms with Crippen molar-refractivity contribution in [3.63, 3.8) is 0 Å². The van der Waals surface area contributed by atoms with E-state index in [4.69, 9.17) is 4.74 Å². The third-order valence-corrected chi connectivity index (χ3v) is 2.70. The minimum absolute atomic E-state index is 0.425. The van der Waals surface area contributed by atoms with Crippen LogP contribution in [0.25, 0.3) is 0 Å². The van der Waals surface area contributed by atoms with Crippen molar-refractivity contribution in [1.29, 1.82) is 0 Å². The zero-order valence-corrected chi connectivity index (χ0v) is 10.1. The van der Waals surface area contributed by atoms with E-state index in [0.29, 0.717) is 17.9 Å². The zero-order chi connectivity index (χ0) is 12.9. The van der Waals surface area contributed by atoms with E-state index in [-0.39, 0.29) is 0 Å². The van der Waals surface area contributed by atoms with Crippen LogP contribution in [0.1, 0.15) is 12.5 Å². The standard InChI is InChI=1S/C13H17NO3/c1-4-9-14-13(2,12(15)16)10-5-7-11(17-3)8-6-10/h4-8,14H,1,9H2,2-3H3,(H,15,16). The minimum Gasteiger partial charge on any atom is -0.497 e. The van der Waals surface area contributed by atoms with Gasteiger partial charge in [-0.25, -0.2) is 4.79 Å². The molecule has 0 spiro atoms. The summed E-state index contributed by atoms with van der Waals surface area (Å²) >= 11 is 0. The van der Waals surface area contributed by atoms with E-state index in [2.05, 4.69) is 11.9 Å². The summed E-state index contributed by atoms with van der Waals surface area (Å²) in [6.07, 6.45) is 1.63. The van der Waals surface area contributed by atoms with Crippen molar-refractivity contribution >= 4 is 5.97 Å². The largest absolute Gasteiger partial charge is 0.497 e. The molecule has 4 heteroatoms. The van der Waals surface area contributed by atoms with Gasteiger partial charge in [-0.15, -0.1) is 6.58 Å². The van der Waals surface area contributed by atoms with Gasteiger partial charge in [0.1, 0.15) is 11.3 Å². The van der Waals surface area contributed by atoms with Crippen molar-refractivity contribution in [3.8, 4) is 5.75 Å². The lowest BCUT2D eigenvalue weighted by atomic mass is 9.92. The van der Waals surface area contributed by atoms with Crippen LogP contribution in [0.15, 0.2) is 36.9 Å². The Morgan fingerprint density at radius 3 is 2.53 bits per heavy atom. The van der Waals surface area contributed by atoms with E-state index >= 15 is 0 Å². The highest BCUT2D eigenvalue weighted by Crippen LogP contribution is 2.23. The number of ether oxygens (including phenoxy) is 1. The fourth-order valence-corrected chi connectivity index (χ4v) is 1.50. The number of nitrogens with one attached hydrogen (secondary N) is 1. The molecular weight excluding hydrogens is 218 g/mol. The number of benzene rings is 1. The van der Waals surface area contributed by atoms with Gasteiger partial charge in [-0.2, -0.15) is 0 Å². The third-order valence-electron chi connectivity index (χ3n) is 2.70. The molecule has 1 aromatic carbocycles. The van der Waals surface area contributed by atoms with Crippen LogP contribution < -0.4 is 10.1 Å². The van der Waals surface area contributed by atoms with Gasteiger partial charge in [0.25, 0.3) is 0 Å². The molecule has 1 atom stereocenters. The fraction of sp³-hybridized carbons (Fsp3) is 0.308. The summed E-state index contributed by atoms with van der Waals surface area (Å²) in [5.74, 6) is -0.227. The molecule has 0 fully saturated rings. The number of methoxy groups -OCH3 is 1. The van der Waals surface area contributed by atoms with Crippen LogP contribution in [0.4, 0.5) is 0 Å². The molecular formula is C13H17NO3. The third kappa shape index (κ3) is 2.85. The van der Waals surface area contributed by atoms with Crippen LogP contribution in [-0.2, 0) is 10.3 Å². The highest BCUT2D eigenvalue weighted by molar-refractivity contribution is 5.80. The molecule has 1 unspecified atom stereocenters. The van der Waals surface area contributed by atoms with E-state index in [1.165, 1.54) is 0 Å². The molecule has 0 saturated heterocycles. The SMILES string of the molecule is C=CCNC(C)(C(=O)O)c1ccc(OC)cc1. The lowest BCUT2D eigenvalue weighted by Gasteiger charge is -2.26. The van der Waals surface area contributed by atoms with Gasteiger partial charge in [-0.1, -0.05) is 18.2 Å². The van der Waals surface area contributed by atoms with Crippen LogP contribution in [0.3, 0.4) is 0 Å². The van der Waals surface area contributed by atoms with Gasteiger partial charge in [0.05, 0.1) is 7.11 Å². The molecule has 0 bridgehead atoms. The van der Waals surface area contributed by atoms with Crippen molar-refractivity contribution in [1.82, 2.24) is 5.32 Å². The molecule has 0 aliphatic rings. The Hall–Kier alpha value is -1.81. The molecule has 0 heterocycles. The quantitative estimate of drug-likeness (QED) is 0.738. The highest BCUT2D eigenvalue weighted by atomic mass is 16.5. The summed E-state index contributed by atoms with van der Waals surface area (Å²) in [4.78, 5) is 11.4. The van der Waals surface area contributed by atoms with E-state index < -0.39 is 11.5 Å². The molecule has 4 nitrogen and oxygen atoms in total. The molecule has 0 aliphatic carbocycles. The number of hydrogen-bond acceptors (Lipinski definition) is 3. The van der Waals surface area contributed by atoms with Crippen LogP contribution in [0.2, 0.25) is 0 Å². The first kappa shape index (κ1) is 13.3. The van der Waals surface area contributed by atoms with Crippen molar-refractivity contribution < 1.29 is 14.6 Å². The minimum atomic E-state index is -1.12. The van der Waals surface area contributed by atoms with E-state index in [9.17, 15) is 9.90 Å². The number of carboxylic acids is 1. The number of rotatable bonds is 6. The summed E-state index contributed by atoms with van der Waals surface area (Å²) in [5, 5.41) is 12.3.